The average molecular weight is 341 g/mol. The van der Waals surface area contributed by atoms with Gasteiger partial charge in [0.05, 0.1) is 15.2 Å². The van der Waals surface area contributed by atoms with Crippen molar-refractivity contribution in [2.75, 3.05) is 6.54 Å². The van der Waals surface area contributed by atoms with Gasteiger partial charge in [-0.05, 0) is 55.8 Å². The number of hydrogen-bond acceptors (Lipinski definition) is 3. The molecule has 104 valence electrons. The number of hydrogen-bond donors (Lipinski definition) is 1. The van der Waals surface area contributed by atoms with Crippen molar-refractivity contribution in [3.63, 3.8) is 0 Å². The molecular weight excluding hydrogens is 320 g/mol. The van der Waals surface area contributed by atoms with Gasteiger partial charge >= 0.3 is 0 Å². The molecule has 0 radical (unpaired) electrons. The van der Waals surface area contributed by atoms with Crippen LogP contribution in [0.15, 0.2) is 22.7 Å². The number of benzene rings is 1. The summed E-state index contributed by atoms with van der Waals surface area (Å²) in [5.74, 6) is 1.41. The fourth-order valence-corrected chi connectivity index (χ4v) is 3.92. The SMILES string of the molecule is CC(C)C(CCN)CCc1nc2ccc(Br)cc2s1. The molecule has 1 atom stereocenters. The normalized spacial score (nSPS) is 13.3. The second-order valence-electron chi connectivity index (χ2n) is 5.34. The van der Waals surface area contributed by atoms with Gasteiger partial charge in [-0.1, -0.05) is 29.8 Å². The Morgan fingerprint density at radius 2 is 2.11 bits per heavy atom. The standard InChI is InChI=1S/C15H21BrN2S/c1-10(2)11(7-8-17)3-6-15-18-13-5-4-12(16)9-14(13)19-15/h4-5,9-11H,3,6-8,17H2,1-2H3. The number of halogens is 1. The molecule has 1 heterocycles. The molecule has 0 aliphatic heterocycles. The first-order valence-corrected chi connectivity index (χ1v) is 8.46. The molecule has 0 spiro atoms. The van der Waals surface area contributed by atoms with Crippen molar-refractivity contribution < 1.29 is 0 Å². The Labute approximate surface area is 127 Å². The highest BCUT2D eigenvalue weighted by atomic mass is 79.9. The van der Waals surface area contributed by atoms with Crippen LogP contribution >= 0.6 is 27.3 Å². The molecule has 0 saturated carbocycles. The second kappa shape index (κ2) is 6.82. The second-order valence-corrected chi connectivity index (χ2v) is 7.37. The topological polar surface area (TPSA) is 38.9 Å². The van der Waals surface area contributed by atoms with Crippen molar-refractivity contribution in [2.45, 2.75) is 33.1 Å². The molecule has 1 aromatic heterocycles. The fourth-order valence-electron chi connectivity index (χ4n) is 2.39. The number of aryl methyl sites for hydroxylation is 1. The van der Waals surface area contributed by atoms with E-state index in [1.165, 1.54) is 16.1 Å². The molecule has 1 aromatic carbocycles. The molecule has 0 saturated heterocycles. The van der Waals surface area contributed by atoms with Gasteiger partial charge in [0.1, 0.15) is 0 Å². The van der Waals surface area contributed by atoms with Crippen LogP contribution in [0.4, 0.5) is 0 Å². The summed E-state index contributed by atoms with van der Waals surface area (Å²) in [4.78, 5) is 4.71. The molecule has 19 heavy (non-hydrogen) atoms. The highest BCUT2D eigenvalue weighted by Crippen LogP contribution is 2.28. The van der Waals surface area contributed by atoms with E-state index in [0.717, 1.165) is 29.4 Å². The maximum absolute atomic E-state index is 5.70. The lowest BCUT2D eigenvalue weighted by Gasteiger charge is -2.19. The Hall–Kier alpha value is -0.450. The van der Waals surface area contributed by atoms with Crippen molar-refractivity contribution in [1.29, 1.82) is 0 Å². The highest BCUT2D eigenvalue weighted by Gasteiger charge is 2.14. The van der Waals surface area contributed by atoms with E-state index in [9.17, 15) is 0 Å². The van der Waals surface area contributed by atoms with Crippen molar-refractivity contribution in [2.24, 2.45) is 17.6 Å². The molecule has 1 unspecified atom stereocenters. The minimum absolute atomic E-state index is 0.701. The molecule has 0 bridgehead atoms. The number of rotatable bonds is 6. The predicted octanol–water partition coefficient (Wildman–Crippen LogP) is 4.61. The Bertz CT molecular complexity index is 536. The van der Waals surface area contributed by atoms with E-state index in [1.54, 1.807) is 0 Å². The third kappa shape index (κ3) is 4.01. The molecule has 4 heteroatoms. The number of aromatic nitrogens is 1. The maximum atomic E-state index is 5.70. The quantitative estimate of drug-likeness (QED) is 0.833. The Morgan fingerprint density at radius 3 is 2.79 bits per heavy atom. The van der Waals surface area contributed by atoms with E-state index in [4.69, 9.17) is 10.7 Å². The van der Waals surface area contributed by atoms with Crippen LogP contribution < -0.4 is 5.73 Å². The van der Waals surface area contributed by atoms with Gasteiger partial charge in [-0.3, -0.25) is 0 Å². The molecule has 0 amide bonds. The van der Waals surface area contributed by atoms with Crippen molar-refractivity contribution in [3.05, 3.63) is 27.7 Å². The zero-order chi connectivity index (χ0) is 13.8. The van der Waals surface area contributed by atoms with Crippen molar-refractivity contribution in [3.8, 4) is 0 Å². The van der Waals surface area contributed by atoms with Crippen LogP contribution in [0.2, 0.25) is 0 Å². The van der Waals surface area contributed by atoms with Crippen LogP contribution in [0.1, 0.15) is 31.7 Å². The number of nitrogens with two attached hydrogens (primary N) is 1. The van der Waals surface area contributed by atoms with Gasteiger partial charge < -0.3 is 5.73 Å². The lowest BCUT2D eigenvalue weighted by molar-refractivity contribution is 0.341. The Balaban J connectivity index is 2.04. The molecule has 2 N–H and O–H groups in total. The minimum atomic E-state index is 0.701. The van der Waals surface area contributed by atoms with Crippen LogP contribution in [-0.4, -0.2) is 11.5 Å². The lowest BCUT2D eigenvalue weighted by atomic mass is 9.88. The van der Waals surface area contributed by atoms with Gasteiger partial charge in [0.2, 0.25) is 0 Å². The summed E-state index contributed by atoms with van der Waals surface area (Å²) in [6.45, 7) is 5.36. The third-order valence-corrected chi connectivity index (χ3v) is 5.18. The largest absolute Gasteiger partial charge is 0.330 e. The Kier molecular flexibility index (Phi) is 5.37. The molecule has 2 nitrogen and oxygen atoms in total. The van der Waals surface area contributed by atoms with E-state index in [0.29, 0.717) is 11.8 Å². The van der Waals surface area contributed by atoms with E-state index in [2.05, 4.69) is 48.0 Å². The first-order chi connectivity index (χ1) is 9.10. The summed E-state index contributed by atoms with van der Waals surface area (Å²) in [7, 11) is 0. The molecular formula is C15H21BrN2S. The molecule has 2 rings (SSSR count). The van der Waals surface area contributed by atoms with Crippen LogP contribution in [0.25, 0.3) is 10.2 Å². The summed E-state index contributed by atoms with van der Waals surface area (Å²) in [5, 5.41) is 1.25. The fraction of sp³-hybridized carbons (Fsp3) is 0.533. The van der Waals surface area contributed by atoms with Crippen LogP contribution in [0, 0.1) is 11.8 Å². The van der Waals surface area contributed by atoms with Gasteiger partial charge in [-0.2, -0.15) is 0 Å². The van der Waals surface area contributed by atoms with Gasteiger partial charge in [-0.25, -0.2) is 4.98 Å². The maximum Gasteiger partial charge on any atom is 0.0938 e. The summed E-state index contributed by atoms with van der Waals surface area (Å²) in [6.07, 6.45) is 3.38. The lowest BCUT2D eigenvalue weighted by Crippen LogP contribution is -2.15. The zero-order valence-electron chi connectivity index (χ0n) is 11.5. The molecule has 0 aliphatic carbocycles. The van der Waals surface area contributed by atoms with Crippen LogP contribution in [0.5, 0.6) is 0 Å². The summed E-state index contributed by atoms with van der Waals surface area (Å²) in [5.41, 5.74) is 6.81. The minimum Gasteiger partial charge on any atom is -0.330 e. The number of nitrogens with zero attached hydrogens (tertiary/aromatic N) is 1. The van der Waals surface area contributed by atoms with Crippen LogP contribution in [-0.2, 0) is 6.42 Å². The summed E-state index contributed by atoms with van der Waals surface area (Å²) >= 11 is 5.32. The van der Waals surface area contributed by atoms with E-state index >= 15 is 0 Å². The first-order valence-electron chi connectivity index (χ1n) is 6.85. The smallest absolute Gasteiger partial charge is 0.0938 e. The number of thiazole rings is 1. The van der Waals surface area contributed by atoms with Gasteiger partial charge in [0.15, 0.2) is 0 Å². The molecule has 2 aromatic rings. The van der Waals surface area contributed by atoms with Crippen molar-refractivity contribution >= 4 is 37.5 Å². The number of fused-ring (bicyclic) bond motifs is 1. The first kappa shape index (κ1) is 14.9. The average Bonchev–Trinajstić information content (AvgIpc) is 2.75. The van der Waals surface area contributed by atoms with Crippen molar-refractivity contribution in [1.82, 2.24) is 4.98 Å². The Morgan fingerprint density at radius 1 is 1.32 bits per heavy atom. The van der Waals surface area contributed by atoms with E-state index in [1.807, 2.05) is 11.3 Å². The summed E-state index contributed by atoms with van der Waals surface area (Å²) in [6, 6.07) is 6.28. The van der Waals surface area contributed by atoms with E-state index in [-0.39, 0.29) is 0 Å². The third-order valence-electron chi connectivity index (χ3n) is 3.60. The monoisotopic (exact) mass is 340 g/mol. The van der Waals surface area contributed by atoms with E-state index < -0.39 is 0 Å². The molecule has 0 aliphatic rings. The van der Waals surface area contributed by atoms with Gasteiger partial charge in [-0.15, -0.1) is 11.3 Å². The highest BCUT2D eigenvalue weighted by molar-refractivity contribution is 9.10. The van der Waals surface area contributed by atoms with Gasteiger partial charge in [0, 0.05) is 4.47 Å². The predicted molar refractivity (Wildman–Crippen MR) is 87.6 cm³/mol. The zero-order valence-corrected chi connectivity index (χ0v) is 13.9. The summed E-state index contributed by atoms with van der Waals surface area (Å²) < 4.78 is 2.39. The molecule has 0 fully saturated rings. The van der Waals surface area contributed by atoms with Crippen LogP contribution in [0.3, 0.4) is 0 Å². The van der Waals surface area contributed by atoms with Gasteiger partial charge in [0.25, 0.3) is 0 Å².